The fraction of sp³-hybridized carbons (Fsp3) is 0.167. The van der Waals surface area contributed by atoms with Crippen LogP contribution in [-0.4, -0.2) is 33.1 Å². The van der Waals surface area contributed by atoms with Gasteiger partial charge in [0.2, 0.25) is 5.91 Å². The SMILES string of the molecule is COc1ccc(NS(=O)(=O)c2cccc(C(=O)NNC(=O)CSCc3cccc(C)c3)c2)cc1. The minimum absolute atomic E-state index is 0.0870. The van der Waals surface area contributed by atoms with E-state index in [9.17, 15) is 18.0 Å². The molecule has 3 aromatic rings. The van der Waals surface area contributed by atoms with Crippen LogP contribution >= 0.6 is 11.8 Å². The summed E-state index contributed by atoms with van der Waals surface area (Å²) >= 11 is 1.42. The van der Waals surface area contributed by atoms with Gasteiger partial charge in [-0.15, -0.1) is 11.8 Å². The molecule has 0 fully saturated rings. The maximum Gasteiger partial charge on any atom is 0.269 e. The van der Waals surface area contributed by atoms with Crippen LogP contribution < -0.4 is 20.3 Å². The maximum absolute atomic E-state index is 12.7. The Hall–Kier alpha value is -3.50. The van der Waals surface area contributed by atoms with Crippen molar-refractivity contribution >= 4 is 39.3 Å². The Morgan fingerprint density at radius 2 is 1.68 bits per heavy atom. The number of hydrazine groups is 1. The third-order valence-electron chi connectivity index (χ3n) is 4.65. The van der Waals surface area contributed by atoms with E-state index in [1.165, 1.54) is 43.1 Å². The second-order valence-electron chi connectivity index (χ2n) is 7.35. The highest BCUT2D eigenvalue weighted by molar-refractivity contribution is 7.99. The summed E-state index contributed by atoms with van der Waals surface area (Å²) in [5, 5.41) is 0. The van der Waals surface area contributed by atoms with Gasteiger partial charge >= 0.3 is 0 Å². The molecule has 0 unspecified atom stereocenters. The molecule has 34 heavy (non-hydrogen) atoms. The summed E-state index contributed by atoms with van der Waals surface area (Å²) in [6.45, 7) is 2.01. The number of carbonyl (C=O) groups is 2. The average molecular weight is 500 g/mol. The Morgan fingerprint density at radius 3 is 2.38 bits per heavy atom. The molecule has 10 heteroatoms. The van der Waals surface area contributed by atoms with Gasteiger partial charge in [-0.1, -0.05) is 35.9 Å². The normalized spacial score (nSPS) is 10.9. The molecule has 0 radical (unpaired) electrons. The fourth-order valence-electron chi connectivity index (χ4n) is 2.98. The molecule has 0 aliphatic rings. The van der Waals surface area contributed by atoms with Gasteiger partial charge in [0.15, 0.2) is 0 Å². The van der Waals surface area contributed by atoms with Gasteiger partial charge in [0.25, 0.3) is 15.9 Å². The number of anilines is 1. The predicted molar refractivity (Wildman–Crippen MR) is 133 cm³/mol. The molecule has 0 aromatic heterocycles. The minimum Gasteiger partial charge on any atom is -0.497 e. The number of sulfonamides is 1. The van der Waals surface area contributed by atoms with E-state index in [4.69, 9.17) is 4.74 Å². The Labute approximate surface area is 203 Å². The van der Waals surface area contributed by atoms with E-state index in [-0.39, 0.29) is 22.1 Å². The second-order valence-corrected chi connectivity index (χ2v) is 10.0. The molecule has 0 atom stereocenters. The number of hydrogen-bond acceptors (Lipinski definition) is 6. The summed E-state index contributed by atoms with van der Waals surface area (Å²) in [4.78, 5) is 24.4. The van der Waals surface area contributed by atoms with Crippen LogP contribution in [0, 0.1) is 6.92 Å². The smallest absolute Gasteiger partial charge is 0.269 e. The molecule has 0 saturated carbocycles. The van der Waals surface area contributed by atoms with Gasteiger partial charge in [-0.2, -0.15) is 0 Å². The van der Waals surface area contributed by atoms with Crippen LogP contribution in [-0.2, 0) is 20.6 Å². The number of carbonyl (C=O) groups excluding carboxylic acids is 2. The lowest BCUT2D eigenvalue weighted by atomic mass is 10.2. The van der Waals surface area contributed by atoms with E-state index in [0.29, 0.717) is 17.2 Å². The second kappa shape index (κ2) is 11.6. The molecule has 178 valence electrons. The Bertz CT molecular complexity index is 1260. The summed E-state index contributed by atoms with van der Waals surface area (Å²) in [7, 11) is -2.41. The van der Waals surface area contributed by atoms with E-state index in [1.54, 1.807) is 24.3 Å². The summed E-state index contributed by atoms with van der Waals surface area (Å²) in [6.07, 6.45) is 0. The summed E-state index contributed by atoms with van der Waals surface area (Å²) in [5.41, 5.74) is 7.37. The first-order valence-electron chi connectivity index (χ1n) is 10.3. The number of nitrogens with one attached hydrogen (secondary N) is 3. The number of thioether (sulfide) groups is 1. The highest BCUT2D eigenvalue weighted by atomic mass is 32.2. The quantitative estimate of drug-likeness (QED) is 0.389. The minimum atomic E-state index is -3.92. The van der Waals surface area contributed by atoms with Crippen LogP contribution in [0.1, 0.15) is 21.5 Å². The van der Waals surface area contributed by atoms with Crippen molar-refractivity contribution in [2.75, 3.05) is 17.6 Å². The number of ether oxygens (including phenoxy) is 1. The molecule has 2 amide bonds. The molecule has 0 spiro atoms. The van der Waals surface area contributed by atoms with Crippen molar-refractivity contribution in [2.24, 2.45) is 0 Å². The molecular weight excluding hydrogens is 474 g/mol. The molecule has 0 saturated heterocycles. The number of rotatable bonds is 9. The third kappa shape index (κ3) is 7.26. The summed E-state index contributed by atoms with van der Waals surface area (Å²) in [6, 6.07) is 19.9. The van der Waals surface area contributed by atoms with Crippen molar-refractivity contribution < 1.29 is 22.7 Å². The first kappa shape index (κ1) is 25.1. The number of hydrogen-bond donors (Lipinski definition) is 3. The average Bonchev–Trinajstić information content (AvgIpc) is 2.83. The van der Waals surface area contributed by atoms with E-state index >= 15 is 0 Å². The number of methoxy groups -OCH3 is 1. The van der Waals surface area contributed by atoms with E-state index in [2.05, 4.69) is 21.6 Å². The molecule has 0 aliphatic carbocycles. The van der Waals surface area contributed by atoms with Gasteiger partial charge in [-0.3, -0.25) is 25.2 Å². The zero-order valence-corrected chi connectivity index (χ0v) is 20.3. The van der Waals surface area contributed by atoms with Crippen LogP contribution in [0.3, 0.4) is 0 Å². The van der Waals surface area contributed by atoms with E-state index in [1.807, 2.05) is 25.1 Å². The fourth-order valence-corrected chi connectivity index (χ4v) is 4.85. The zero-order valence-electron chi connectivity index (χ0n) is 18.7. The van der Waals surface area contributed by atoms with Gasteiger partial charge in [-0.25, -0.2) is 8.42 Å². The monoisotopic (exact) mass is 499 g/mol. The van der Waals surface area contributed by atoms with Crippen molar-refractivity contribution in [2.45, 2.75) is 17.6 Å². The van der Waals surface area contributed by atoms with Crippen molar-refractivity contribution in [3.63, 3.8) is 0 Å². The summed E-state index contributed by atoms with van der Waals surface area (Å²) < 4.78 is 32.9. The topological polar surface area (TPSA) is 114 Å². The Kier molecular flexibility index (Phi) is 8.55. The van der Waals surface area contributed by atoms with Crippen molar-refractivity contribution in [1.82, 2.24) is 10.9 Å². The lowest BCUT2D eigenvalue weighted by Gasteiger charge is -2.11. The molecule has 3 rings (SSSR count). The van der Waals surface area contributed by atoms with Gasteiger partial charge in [0, 0.05) is 17.0 Å². The number of aryl methyl sites for hydroxylation is 1. The zero-order chi connectivity index (χ0) is 24.6. The predicted octanol–water partition coefficient (Wildman–Crippen LogP) is 3.50. The van der Waals surface area contributed by atoms with E-state index < -0.39 is 15.9 Å². The van der Waals surface area contributed by atoms with Crippen LogP contribution in [0.25, 0.3) is 0 Å². The summed E-state index contributed by atoms with van der Waals surface area (Å²) in [5.74, 6) is 0.435. The van der Waals surface area contributed by atoms with E-state index in [0.717, 1.165) is 11.1 Å². The standard InChI is InChI=1S/C24H25N3O5S2/c1-17-5-3-6-18(13-17)15-33-16-23(28)25-26-24(29)19-7-4-8-22(14-19)34(30,31)27-20-9-11-21(32-2)12-10-20/h3-14,27H,15-16H2,1-2H3,(H,25,28)(H,26,29). The lowest BCUT2D eigenvalue weighted by Crippen LogP contribution is -2.42. The molecule has 0 aliphatic heterocycles. The van der Waals surface area contributed by atoms with Crippen LogP contribution in [0.15, 0.2) is 77.7 Å². The van der Waals surface area contributed by atoms with Crippen LogP contribution in [0.4, 0.5) is 5.69 Å². The Balaban J connectivity index is 1.53. The van der Waals surface area contributed by atoms with Gasteiger partial charge in [0.1, 0.15) is 5.75 Å². The van der Waals surface area contributed by atoms with Crippen LogP contribution in [0.5, 0.6) is 5.75 Å². The molecule has 8 nitrogen and oxygen atoms in total. The number of amides is 2. The van der Waals surface area contributed by atoms with Gasteiger partial charge in [-0.05, 0) is 55.0 Å². The molecule has 3 N–H and O–H groups in total. The molecular formula is C24H25N3O5S2. The maximum atomic E-state index is 12.7. The first-order chi connectivity index (χ1) is 16.3. The lowest BCUT2D eigenvalue weighted by molar-refractivity contribution is -0.119. The first-order valence-corrected chi connectivity index (χ1v) is 12.9. The number of benzene rings is 3. The van der Waals surface area contributed by atoms with Crippen molar-refractivity contribution in [3.8, 4) is 5.75 Å². The Morgan fingerprint density at radius 1 is 0.941 bits per heavy atom. The third-order valence-corrected chi connectivity index (χ3v) is 7.03. The highest BCUT2D eigenvalue weighted by Crippen LogP contribution is 2.20. The van der Waals surface area contributed by atoms with Crippen LogP contribution in [0.2, 0.25) is 0 Å². The van der Waals surface area contributed by atoms with Gasteiger partial charge in [0.05, 0.1) is 17.8 Å². The van der Waals surface area contributed by atoms with Gasteiger partial charge < -0.3 is 4.74 Å². The molecule has 0 bridgehead atoms. The molecule has 3 aromatic carbocycles. The van der Waals surface area contributed by atoms with Crippen molar-refractivity contribution in [1.29, 1.82) is 0 Å². The largest absolute Gasteiger partial charge is 0.497 e. The van der Waals surface area contributed by atoms with Crippen molar-refractivity contribution in [3.05, 3.63) is 89.5 Å². The molecule has 0 heterocycles. The highest BCUT2D eigenvalue weighted by Gasteiger charge is 2.17.